The van der Waals surface area contributed by atoms with Crippen LogP contribution in [0.5, 0.6) is 0 Å². The Kier molecular flexibility index (Phi) is 5.57. The molecule has 2 heteroatoms. The molecule has 0 atom stereocenters. The predicted octanol–water partition coefficient (Wildman–Crippen LogP) is 1.37. The fourth-order valence-electron chi connectivity index (χ4n) is 0.469. The topological polar surface area (TPSA) is 18.5 Å². The summed E-state index contributed by atoms with van der Waals surface area (Å²) in [7, 11) is 0. The molecule has 0 aromatic carbocycles. The van der Waals surface area contributed by atoms with Crippen LogP contribution in [0.4, 0.5) is 0 Å². The van der Waals surface area contributed by atoms with Crippen molar-refractivity contribution in [2.45, 2.75) is 20.1 Å². The molecule has 0 spiro atoms. The lowest BCUT2D eigenvalue weighted by atomic mass is 10.6. The molecule has 0 aliphatic heterocycles. The molecule has 2 nitrogen and oxygen atoms in total. The van der Waals surface area contributed by atoms with Gasteiger partial charge >= 0.3 is 0 Å². The molecule has 0 aromatic rings. The monoisotopic (exact) mass is 129 g/mol. The lowest BCUT2D eigenvalue weighted by Crippen LogP contribution is -2.13. The largest absolute Gasteiger partial charge is 0.349 e. The van der Waals surface area contributed by atoms with Gasteiger partial charge in [0.1, 0.15) is 0 Å². The van der Waals surface area contributed by atoms with Crippen LogP contribution in [0, 0.1) is 6.08 Å². The maximum atomic E-state index is 5.04. The molecular weight excluding hydrogens is 116 g/mol. The van der Waals surface area contributed by atoms with E-state index < -0.39 is 0 Å². The molecule has 0 aromatic heterocycles. The summed E-state index contributed by atoms with van der Waals surface area (Å²) >= 11 is 0. The first kappa shape index (κ1) is 8.66. The maximum absolute atomic E-state index is 5.04. The van der Waals surface area contributed by atoms with Crippen molar-refractivity contribution in [2.24, 2.45) is 0 Å². The van der Waals surface area contributed by atoms with Crippen LogP contribution >= 0.6 is 0 Å². The molecule has 0 saturated heterocycles. The molecule has 0 unspecified atom stereocenters. The second-order valence-electron chi connectivity index (χ2n) is 1.45. The number of hydrogen-bond donors (Lipinski definition) is 0. The van der Waals surface area contributed by atoms with E-state index in [1.807, 2.05) is 13.8 Å². The standard InChI is InChI=1S/C7H13O2/c1-4-7(8-5-2)9-6-3/h7H,1,5-6H2,2-3H3. The summed E-state index contributed by atoms with van der Waals surface area (Å²) in [5.41, 5.74) is 0. The number of rotatable bonds is 5. The average molecular weight is 129 g/mol. The van der Waals surface area contributed by atoms with E-state index in [1.165, 1.54) is 0 Å². The number of hydrogen-bond acceptors (Lipinski definition) is 2. The van der Waals surface area contributed by atoms with Crippen molar-refractivity contribution >= 4 is 0 Å². The summed E-state index contributed by atoms with van der Waals surface area (Å²) in [4.78, 5) is 0. The molecule has 0 fully saturated rings. The lowest BCUT2D eigenvalue weighted by molar-refractivity contribution is -0.108. The van der Waals surface area contributed by atoms with Crippen molar-refractivity contribution in [2.75, 3.05) is 13.2 Å². The van der Waals surface area contributed by atoms with Gasteiger partial charge in [-0.25, -0.2) is 0 Å². The predicted molar refractivity (Wildman–Crippen MR) is 35.9 cm³/mol. The molecule has 0 amide bonds. The zero-order valence-corrected chi connectivity index (χ0v) is 6.02. The van der Waals surface area contributed by atoms with Crippen molar-refractivity contribution in [1.29, 1.82) is 0 Å². The highest BCUT2D eigenvalue weighted by Gasteiger charge is 1.99. The molecule has 0 heterocycles. The molecule has 0 bridgehead atoms. The summed E-state index contributed by atoms with van der Waals surface area (Å²) in [5, 5.41) is 0. The van der Waals surface area contributed by atoms with Gasteiger partial charge in [-0.15, -0.1) is 0 Å². The van der Waals surface area contributed by atoms with Crippen LogP contribution in [0.3, 0.4) is 0 Å². The third-order valence-corrected chi connectivity index (χ3v) is 0.803. The normalized spacial score (nSPS) is 10.1. The number of ether oxygens (including phenoxy) is 2. The summed E-state index contributed by atoms with van der Waals surface area (Å²) in [6, 6.07) is 0. The van der Waals surface area contributed by atoms with Crippen LogP contribution in [0.1, 0.15) is 13.8 Å². The van der Waals surface area contributed by atoms with E-state index in [0.29, 0.717) is 13.2 Å². The Morgan fingerprint density at radius 2 is 1.78 bits per heavy atom. The minimum Gasteiger partial charge on any atom is -0.349 e. The van der Waals surface area contributed by atoms with Gasteiger partial charge in [0, 0.05) is 19.3 Å². The van der Waals surface area contributed by atoms with Crippen molar-refractivity contribution in [3.8, 4) is 0 Å². The first-order valence-electron chi connectivity index (χ1n) is 3.11. The molecule has 0 N–H and O–H groups in total. The van der Waals surface area contributed by atoms with Gasteiger partial charge in [-0.05, 0) is 13.8 Å². The van der Waals surface area contributed by atoms with Crippen molar-refractivity contribution in [3.63, 3.8) is 0 Å². The third kappa shape index (κ3) is 4.18. The molecule has 0 rings (SSSR count). The molecule has 0 aliphatic carbocycles. The molecule has 9 heavy (non-hydrogen) atoms. The van der Waals surface area contributed by atoms with Gasteiger partial charge in [0.2, 0.25) is 0 Å². The van der Waals surface area contributed by atoms with Gasteiger partial charge in [0.15, 0.2) is 6.29 Å². The zero-order chi connectivity index (χ0) is 7.11. The fraction of sp³-hybridized carbons (Fsp3) is 0.714. The highest BCUT2D eigenvalue weighted by molar-refractivity contribution is 4.59. The summed E-state index contributed by atoms with van der Waals surface area (Å²) in [5.74, 6) is 0. The van der Waals surface area contributed by atoms with E-state index in [2.05, 4.69) is 12.7 Å². The summed E-state index contributed by atoms with van der Waals surface area (Å²) in [6.45, 7) is 8.50. The molecule has 1 radical (unpaired) electrons. The Bertz CT molecular complexity index is 65.3. The van der Waals surface area contributed by atoms with Crippen LogP contribution in [0.25, 0.3) is 0 Å². The van der Waals surface area contributed by atoms with Crippen LogP contribution in [0.15, 0.2) is 6.58 Å². The second-order valence-corrected chi connectivity index (χ2v) is 1.45. The molecule has 0 saturated carbocycles. The van der Waals surface area contributed by atoms with E-state index >= 15 is 0 Å². The lowest BCUT2D eigenvalue weighted by Gasteiger charge is -2.10. The van der Waals surface area contributed by atoms with Gasteiger partial charge < -0.3 is 9.47 Å². The van der Waals surface area contributed by atoms with Crippen LogP contribution in [-0.4, -0.2) is 19.5 Å². The van der Waals surface area contributed by atoms with Gasteiger partial charge in [-0.2, -0.15) is 0 Å². The minimum absolute atomic E-state index is 0.347. The van der Waals surface area contributed by atoms with E-state index in [4.69, 9.17) is 9.47 Å². The maximum Gasteiger partial charge on any atom is 0.183 e. The van der Waals surface area contributed by atoms with Gasteiger partial charge in [0.25, 0.3) is 0 Å². The smallest absolute Gasteiger partial charge is 0.183 e. The Hall–Kier alpha value is -0.340. The third-order valence-electron chi connectivity index (χ3n) is 0.803. The average Bonchev–Trinajstić information content (AvgIpc) is 1.88. The second kappa shape index (κ2) is 5.79. The van der Waals surface area contributed by atoms with Crippen molar-refractivity contribution < 1.29 is 9.47 Å². The molecule has 0 aliphatic rings. The fourth-order valence-corrected chi connectivity index (χ4v) is 0.469. The minimum atomic E-state index is -0.347. The summed E-state index contributed by atoms with van der Waals surface area (Å²) in [6.07, 6.45) is 2.26. The van der Waals surface area contributed by atoms with Crippen LogP contribution < -0.4 is 0 Å². The van der Waals surface area contributed by atoms with Gasteiger partial charge in [-0.3, -0.25) is 0 Å². The first-order chi connectivity index (χ1) is 4.35. The van der Waals surface area contributed by atoms with E-state index in [-0.39, 0.29) is 6.29 Å². The first-order valence-corrected chi connectivity index (χ1v) is 3.11. The van der Waals surface area contributed by atoms with E-state index in [9.17, 15) is 0 Å². The van der Waals surface area contributed by atoms with Crippen molar-refractivity contribution in [3.05, 3.63) is 12.7 Å². The van der Waals surface area contributed by atoms with E-state index in [1.54, 1.807) is 0 Å². The highest BCUT2D eigenvalue weighted by Crippen LogP contribution is 1.93. The van der Waals surface area contributed by atoms with Crippen molar-refractivity contribution in [1.82, 2.24) is 0 Å². The summed E-state index contributed by atoms with van der Waals surface area (Å²) < 4.78 is 10.1. The van der Waals surface area contributed by atoms with E-state index in [0.717, 1.165) is 0 Å². The molecular formula is C7H13O2. The SMILES string of the molecule is C=[C]C(OCC)OCC. The zero-order valence-electron chi connectivity index (χ0n) is 6.02. The quantitative estimate of drug-likeness (QED) is 0.522. The van der Waals surface area contributed by atoms with Gasteiger partial charge in [0.05, 0.1) is 0 Å². The van der Waals surface area contributed by atoms with Gasteiger partial charge in [-0.1, -0.05) is 6.58 Å². The Balaban J connectivity index is 3.29. The Morgan fingerprint density at radius 3 is 2.00 bits per heavy atom. The Morgan fingerprint density at radius 1 is 1.33 bits per heavy atom. The molecule has 53 valence electrons. The Labute approximate surface area is 56.5 Å². The van der Waals surface area contributed by atoms with Crippen LogP contribution in [-0.2, 0) is 9.47 Å². The van der Waals surface area contributed by atoms with Crippen LogP contribution in [0.2, 0.25) is 0 Å². The highest BCUT2D eigenvalue weighted by atomic mass is 16.7.